The number of benzene rings is 2. The Hall–Kier alpha value is -3.63. The summed E-state index contributed by atoms with van der Waals surface area (Å²) in [6.07, 6.45) is 0. The quantitative estimate of drug-likeness (QED) is 0.297. The number of hydrogen-bond donors (Lipinski definition) is 3. The molecule has 0 heterocycles. The zero-order valence-electron chi connectivity index (χ0n) is 14.0. The molecule has 0 aromatic heterocycles. The monoisotopic (exact) mass is 399 g/mol. The van der Waals surface area contributed by atoms with Gasteiger partial charge in [0, 0.05) is 5.69 Å². The van der Waals surface area contributed by atoms with Crippen LogP contribution < -0.4 is 16.4 Å². The van der Waals surface area contributed by atoms with Gasteiger partial charge in [-0.2, -0.15) is 0 Å². The second-order valence-corrected chi connectivity index (χ2v) is 5.36. The van der Waals surface area contributed by atoms with E-state index in [1.54, 1.807) is 0 Å². The molecule has 0 spiro atoms. The predicted octanol–water partition coefficient (Wildman–Crippen LogP) is 1.74. The van der Waals surface area contributed by atoms with Crippen LogP contribution in [0.5, 0.6) is 0 Å². The van der Waals surface area contributed by atoms with E-state index in [9.17, 15) is 31.9 Å². The highest BCUT2D eigenvalue weighted by atomic mass is 19.2. The van der Waals surface area contributed by atoms with Gasteiger partial charge in [0.25, 0.3) is 5.91 Å². The minimum Gasteiger partial charge on any atom is -0.452 e. The van der Waals surface area contributed by atoms with Gasteiger partial charge >= 0.3 is 5.97 Å². The molecular formula is C17H13F4N3O4. The molecule has 2 amide bonds. The molecule has 0 fully saturated rings. The second kappa shape index (κ2) is 8.84. The third-order valence-corrected chi connectivity index (χ3v) is 3.32. The Morgan fingerprint density at radius 3 is 2.36 bits per heavy atom. The summed E-state index contributed by atoms with van der Waals surface area (Å²) >= 11 is 0. The number of anilines is 2. The lowest BCUT2D eigenvalue weighted by Gasteiger charge is -2.09. The lowest BCUT2D eigenvalue weighted by Crippen LogP contribution is -2.35. The highest BCUT2D eigenvalue weighted by Gasteiger charge is 2.17. The molecule has 0 saturated carbocycles. The molecule has 148 valence electrons. The molecule has 0 atom stereocenters. The topological polar surface area (TPSA) is 111 Å². The molecule has 11 heteroatoms. The van der Waals surface area contributed by atoms with Gasteiger partial charge in [-0.05, 0) is 30.3 Å². The molecule has 0 aliphatic carbocycles. The molecule has 0 bridgehead atoms. The van der Waals surface area contributed by atoms with Gasteiger partial charge < -0.3 is 21.1 Å². The maximum absolute atomic E-state index is 13.4. The molecule has 0 radical (unpaired) electrons. The van der Waals surface area contributed by atoms with Crippen LogP contribution in [0.15, 0.2) is 30.3 Å². The van der Waals surface area contributed by atoms with E-state index in [0.29, 0.717) is 6.07 Å². The number of rotatable bonds is 6. The molecule has 2 rings (SSSR count). The van der Waals surface area contributed by atoms with E-state index in [1.165, 1.54) is 0 Å². The SMILES string of the molecule is Nc1cc(F)ccc1C(=O)OCC(=O)NCC(=O)Nc1ccc(F)c(F)c1F. The fourth-order valence-corrected chi connectivity index (χ4v) is 1.98. The standard InChI is InChI=1S/C17H13F4N3O4/c18-8-1-2-9(11(22)5-8)17(27)28-7-14(26)23-6-13(25)24-12-4-3-10(19)15(20)16(12)21/h1-5H,6-7,22H2,(H,23,26)(H,24,25). The van der Waals surface area contributed by atoms with Gasteiger partial charge in [-0.1, -0.05) is 0 Å². The molecule has 2 aromatic rings. The first kappa shape index (κ1) is 20.7. The third kappa shape index (κ3) is 5.19. The van der Waals surface area contributed by atoms with Crippen molar-refractivity contribution in [3.8, 4) is 0 Å². The number of ether oxygens (including phenoxy) is 1. The van der Waals surface area contributed by atoms with Gasteiger partial charge in [0.05, 0.1) is 17.8 Å². The molecule has 0 aliphatic rings. The van der Waals surface area contributed by atoms with Crippen molar-refractivity contribution in [2.75, 3.05) is 24.2 Å². The number of nitrogen functional groups attached to an aromatic ring is 1. The summed E-state index contributed by atoms with van der Waals surface area (Å²) in [5.74, 6) is -8.23. The van der Waals surface area contributed by atoms with Gasteiger partial charge in [0.15, 0.2) is 24.1 Å². The summed E-state index contributed by atoms with van der Waals surface area (Å²) in [5, 5.41) is 4.01. The first-order valence-electron chi connectivity index (χ1n) is 7.61. The van der Waals surface area contributed by atoms with E-state index in [2.05, 4.69) is 10.1 Å². The molecule has 28 heavy (non-hydrogen) atoms. The van der Waals surface area contributed by atoms with Gasteiger partial charge in [-0.3, -0.25) is 9.59 Å². The Kier molecular flexibility index (Phi) is 6.53. The summed E-state index contributed by atoms with van der Waals surface area (Å²) in [6.45, 7) is -1.43. The normalized spacial score (nSPS) is 10.3. The van der Waals surface area contributed by atoms with Gasteiger partial charge in [-0.15, -0.1) is 0 Å². The van der Waals surface area contributed by atoms with E-state index in [0.717, 1.165) is 24.3 Å². The van der Waals surface area contributed by atoms with Crippen molar-refractivity contribution in [3.05, 3.63) is 59.2 Å². The van der Waals surface area contributed by atoms with Crippen molar-refractivity contribution in [1.82, 2.24) is 5.32 Å². The predicted molar refractivity (Wildman–Crippen MR) is 89.1 cm³/mol. The molecule has 7 nitrogen and oxygen atoms in total. The van der Waals surface area contributed by atoms with Crippen molar-refractivity contribution in [3.63, 3.8) is 0 Å². The second-order valence-electron chi connectivity index (χ2n) is 5.36. The number of halogens is 4. The molecule has 4 N–H and O–H groups in total. The molecule has 0 saturated heterocycles. The summed E-state index contributed by atoms with van der Waals surface area (Å²) in [6, 6.07) is 4.39. The maximum atomic E-state index is 13.4. The number of nitrogens with two attached hydrogens (primary N) is 1. The first-order valence-corrected chi connectivity index (χ1v) is 7.61. The van der Waals surface area contributed by atoms with Crippen LogP contribution in [0.1, 0.15) is 10.4 Å². The van der Waals surface area contributed by atoms with Gasteiger partial charge in [0.1, 0.15) is 5.82 Å². The number of carbonyl (C=O) groups is 3. The van der Waals surface area contributed by atoms with Crippen LogP contribution in [0, 0.1) is 23.3 Å². The summed E-state index contributed by atoms with van der Waals surface area (Å²) in [4.78, 5) is 35.0. The molecule has 2 aromatic carbocycles. The van der Waals surface area contributed by atoms with Crippen molar-refractivity contribution >= 4 is 29.2 Å². The van der Waals surface area contributed by atoms with Crippen LogP contribution in [0.2, 0.25) is 0 Å². The third-order valence-electron chi connectivity index (χ3n) is 3.32. The Morgan fingerprint density at radius 2 is 1.68 bits per heavy atom. The largest absolute Gasteiger partial charge is 0.452 e. The first-order chi connectivity index (χ1) is 13.2. The molecule has 0 aliphatic heterocycles. The summed E-state index contributed by atoms with van der Waals surface area (Å²) < 4.78 is 56.9. The Bertz CT molecular complexity index is 937. The van der Waals surface area contributed by atoms with Crippen molar-refractivity contribution < 1.29 is 36.7 Å². The van der Waals surface area contributed by atoms with Gasteiger partial charge in [-0.25, -0.2) is 22.4 Å². The van der Waals surface area contributed by atoms with Crippen LogP contribution in [0.4, 0.5) is 28.9 Å². The lowest BCUT2D eigenvalue weighted by molar-refractivity contribution is -0.126. The number of nitrogens with one attached hydrogen (secondary N) is 2. The van der Waals surface area contributed by atoms with Crippen LogP contribution in [0.3, 0.4) is 0 Å². The van der Waals surface area contributed by atoms with Crippen LogP contribution in [-0.4, -0.2) is 30.9 Å². The number of amides is 2. The summed E-state index contributed by atoms with van der Waals surface area (Å²) in [7, 11) is 0. The zero-order chi connectivity index (χ0) is 20.8. The fourth-order valence-electron chi connectivity index (χ4n) is 1.98. The van der Waals surface area contributed by atoms with E-state index in [1.807, 2.05) is 5.32 Å². The van der Waals surface area contributed by atoms with E-state index in [-0.39, 0.29) is 11.3 Å². The summed E-state index contributed by atoms with van der Waals surface area (Å²) in [5.41, 5.74) is 4.51. The molecular weight excluding hydrogens is 386 g/mol. The van der Waals surface area contributed by atoms with E-state index in [4.69, 9.17) is 5.73 Å². The van der Waals surface area contributed by atoms with E-state index >= 15 is 0 Å². The van der Waals surface area contributed by atoms with Crippen molar-refractivity contribution in [1.29, 1.82) is 0 Å². The van der Waals surface area contributed by atoms with Crippen molar-refractivity contribution in [2.45, 2.75) is 0 Å². The van der Waals surface area contributed by atoms with Crippen LogP contribution in [0.25, 0.3) is 0 Å². The number of carbonyl (C=O) groups excluding carboxylic acids is 3. The Morgan fingerprint density at radius 1 is 0.964 bits per heavy atom. The van der Waals surface area contributed by atoms with Crippen LogP contribution >= 0.6 is 0 Å². The van der Waals surface area contributed by atoms with Gasteiger partial charge in [0.2, 0.25) is 5.91 Å². The average molecular weight is 399 g/mol. The van der Waals surface area contributed by atoms with Crippen LogP contribution in [-0.2, 0) is 14.3 Å². The van der Waals surface area contributed by atoms with Crippen molar-refractivity contribution in [2.24, 2.45) is 0 Å². The minimum absolute atomic E-state index is 0.152. The Balaban J connectivity index is 1.81. The maximum Gasteiger partial charge on any atom is 0.340 e. The smallest absolute Gasteiger partial charge is 0.340 e. The zero-order valence-corrected chi connectivity index (χ0v) is 14.0. The average Bonchev–Trinajstić information content (AvgIpc) is 2.65. The lowest BCUT2D eigenvalue weighted by atomic mass is 10.2. The minimum atomic E-state index is -1.76. The highest BCUT2D eigenvalue weighted by molar-refractivity contribution is 5.97. The Labute approximate surface area is 155 Å². The number of hydrogen-bond acceptors (Lipinski definition) is 5. The number of esters is 1. The fraction of sp³-hybridized carbons (Fsp3) is 0.118. The molecule has 0 unspecified atom stereocenters. The van der Waals surface area contributed by atoms with E-state index < -0.39 is 59.9 Å². The highest BCUT2D eigenvalue weighted by Crippen LogP contribution is 2.19.